The normalized spacial score (nSPS) is 13.6. The first-order valence-corrected chi connectivity index (χ1v) is 34.3. The fourth-order valence-electron chi connectivity index (χ4n) is 9.22. The predicted molar refractivity (Wildman–Crippen MR) is 364 cm³/mol. The van der Waals surface area contributed by atoms with Gasteiger partial charge in [-0.1, -0.05) is 282 Å². The zero-order chi connectivity index (χ0) is 61.9. The number of allylic oxidation sites excluding steroid dienone is 22. The summed E-state index contributed by atoms with van der Waals surface area (Å²) in [4.78, 5) is 37.5. The molecule has 2 unspecified atom stereocenters. The molecule has 0 aromatic heterocycles. The number of rotatable bonds is 62. The van der Waals surface area contributed by atoms with E-state index in [4.69, 9.17) is 18.9 Å². The van der Waals surface area contributed by atoms with Crippen LogP contribution >= 0.6 is 0 Å². The van der Waals surface area contributed by atoms with Crippen molar-refractivity contribution in [2.75, 3.05) is 47.5 Å². The average Bonchev–Trinajstić information content (AvgIpc) is 3.48. The van der Waals surface area contributed by atoms with Gasteiger partial charge in [0.2, 0.25) is 0 Å². The van der Waals surface area contributed by atoms with Crippen molar-refractivity contribution in [2.45, 2.75) is 283 Å². The minimum absolute atomic E-state index is 0.174. The Hall–Kier alpha value is -4.57. The van der Waals surface area contributed by atoms with Crippen LogP contribution in [-0.4, -0.2) is 87.4 Å². The van der Waals surface area contributed by atoms with E-state index in [0.29, 0.717) is 17.4 Å². The number of aliphatic carboxylic acids is 1. The molecule has 0 saturated carbocycles. The van der Waals surface area contributed by atoms with Gasteiger partial charge < -0.3 is 28.5 Å². The second-order valence-corrected chi connectivity index (χ2v) is 23.7. The van der Waals surface area contributed by atoms with Crippen molar-refractivity contribution in [3.8, 4) is 0 Å². The van der Waals surface area contributed by atoms with Crippen LogP contribution in [-0.2, 0) is 33.3 Å². The van der Waals surface area contributed by atoms with Gasteiger partial charge in [-0.25, -0.2) is 4.79 Å². The van der Waals surface area contributed by atoms with Crippen LogP contribution in [0.3, 0.4) is 0 Å². The fourth-order valence-corrected chi connectivity index (χ4v) is 9.22. The largest absolute Gasteiger partial charge is 0.477 e. The minimum atomic E-state index is -1.53. The third kappa shape index (κ3) is 66.8. The molecule has 0 spiro atoms. The van der Waals surface area contributed by atoms with Crippen LogP contribution in [0.1, 0.15) is 271 Å². The zero-order valence-electron chi connectivity index (χ0n) is 55.2. The Morgan fingerprint density at radius 3 is 0.965 bits per heavy atom. The Balaban J connectivity index is 4.07. The van der Waals surface area contributed by atoms with Gasteiger partial charge in [0, 0.05) is 12.8 Å². The third-order valence-electron chi connectivity index (χ3n) is 14.4. The maximum absolute atomic E-state index is 12.9. The molecule has 484 valence electrons. The monoisotopic (exact) mass is 1180 g/mol. The van der Waals surface area contributed by atoms with E-state index in [-0.39, 0.29) is 38.6 Å². The van der Waals surface area contributed by atoms with E-state index in [1.54, 1.807) is 0 Å². The molecular formula is C76H128NO8+. The minimum Gasteiger partial charge on any atom is -0.477 e. The molecule has 0 amide bonds. The van der Waals surface area contributed by atoms with E-state index < -0.39 is 24.3 Å². The molecule has 9 heteroatoms. The van der Waals surface area contributed by atoms with Crippen LogP contribution in [0.2, 0.25) is 0 Å². The summed E-state index contributed by atoms with van der Waals surface area (Å²) < 4.78 is 22.9. The molecule has 2 atom stereocenters. The predicted octanol–water partition coefficient (Wildman–Crippen LogP) is 21.4. The molecule has 85 heavy (non-hydrogen) atoms. The van der Waals surface area contributed by atoms with Crippen LogP contribution in [0, 0.1) is 0 Å². The summed E-state index contributed by atoms with van der Waals surface area (Å²) in [5, 5.41) is 9.73. The van der Waals surface area contributed by atoms with Crippen LogP contribution in [0.4, 0.5) is 0 Å². The van der Waals surface area contributed by atoms with Gasteiger partial charge in [0.1, 0.15) is 13.2 Å². The highest BCUT2D eigenvalue weighted by atomic mass is 16.7. The first-order valence-electron chi connectivity index (χ1n) is 34.3. The molecule has 0 heterocycles. The Bertz CT molecular complexity index is 1860. The van der Waals surface area contributed by atoms with Crippen molar-refractivity contribution < 1.29 is 42.9 Å². The van der Waals surface area contributed by atoms with Gasteiger partial charge in [0.25, 0.3) is 6.29 Å². The van der Waals surface area contributed by atoms with Gasteiger partial charge in [-0.05, 0) is 109 Å². The summed E-state index contributed by atoms with van der Waals surface area (Å²) in [5.74, 6) is -2.07. The van der Waals surface area contributed by atoms with Gasteiger partial charge in [-0.15, -0.1) is 0 Å². The number of hydrogen-bond acceptors (Lipinski definition) is 7. The Morgan fingerprint density at radius 1 is 0.353 bits per heavy atom. The van der Waals surface area contributed by atoms with E-state index in [2.05, 4.69) is 148 Å². The number of carboxylic acid groups (broad SMARTS) is 1. The van der Waals surface area contributed by atoms with Crippen LogP contribution < -0.4 is 0 Å². The number of carbonyl (C=O) groups excluding carboxylic acids is 2. The maximum Gasteiger partial charge on any atom is 0.361 e. The van der Waals surface area contributed by atoms with Gasteiger partial charge in [-0.3, -0.25) is 9.59 Å². The van der Waals surface area contributed by atoms with Crippen molar-refractivity contribution in [3.63, 3.8) is 0 Å². The smallest absolute Gasteiger partial charge is 0.361 e. The molecule has 0 bridgehead atoms. The molecule has 1 N–H and O–H groups in total. The number of carbonyl (C=O) groups is 3. The molecule has 9 nitrogen and oxygen atoms in total. The fraction of sp³-hybridized carbons (Fsp3) is 0.671. The summed E-state index contributed by atoms with van der Waals surface area (Å²) >= 11 is 0. The molecule has 0 fully saturated rings. The summed E-state index contributed by atoms with van der Waals surface area (Å²) in [6.45, 7) is 4.60. The first-order chi connectivity index (χ1) is 41.6. The molecule has 0 aliphatic carbocycles. The number of unbranched alkanes of at least 4 members (excludes halogenated alkanes) is 25. The highest BCUT2D eigenvalue weighted by Gasteiger charge is 2.25. The van der Waals surface area contributed by atoms with E-state index in [9.17, 15) is 19.5 Å². The summed E-state index contributed by atoms with van der Waals surface area (Å²) in [5.41, 5.74) is 0. The lowest BCUT2D eigenvalue weighted by Crippen LogP contribution is -2.40. The summed E-state index contributed by atoms with van der Waals surface area (Å²) in [7, 11) is 5.95. The quantitative estimate of drug-likeness (QED) is 0.0211. The zero-order valence-corrected chi connectivity index (χ0v) is 55.2. The number of hydrogen-bond donors (Lipinski definition) is 1. The number of ether oxygens (including phenoxy) is 4. The number of nitrogens with zero attached hydrogens (tertiary/aromatic N) is 1. The topological polar surface area (TPSA) is 108 Å². The van der Waals surface area contributed by atoms with Crippen molar-refractivity contribution in [2.24, 2.45) is 0 Å². The SMILES string of the molecule is CC/C=C\C/C=C\C/C=C\C/C=C\C/C=C\C/C=C\CCCCC(=O)OC(COC(=O)CCCCCCCCCCCCCCCCCCCCCCCCC/C=C\C/C=C\C/C=C\C/C=C\C/C=C\CC)COC(OCC[N+](C)(C)C)C(=O)O. The van der Waals surface area contributed by atoms with Gasteiger partial charge in [0.05, 0.1) is 34.4 Å². The van der Waals surface area contributed by atoms with E-state index in [0.717, 1.165) is 103 Å². The lowest BCUT2D eigenvalue weighted by atomic mass is 10.0. The van der Waals surface area contributed by atoms with Crippen molar-refractivity contribution in [1.82, 2.24) is 0 Å². The van der Waals surface area contributed by atoms with E-state index in [1.165, 1.54) is 135 Å². The average molecular weight is 1180 g/mol. The standard InChI is InChI=1S/C76H127NO8/c1-6-8-10-12-14-16-18-20-22-24-26-28-29-30-31-32-33-34-35-36-37-38-39-40-41-42-43-44-45-47-48-50-52-54-56-58-60-62-64-66-73(78)83-70-72(71-84-76(75(80)81)82-69-68-77(3,4)5)85-74(79)67-65-63-61-59-57-55-53-51-49-46-27-25-23-21-19-17-15-13-11-9-7-2/h8-11,14-17,20-23,26-28,30-31,46,51,53,57,59,72,76H,6-7,12-13,18-19,24-25,29,32-45,47-50,52,54-56,58,60-71H2,1-5H3/p+1/b10-8-,11-9-,16-14-,17-15-,22-20-,23-21-,28-26-,31-30-,46-27-,53-51-,59-57-. The molecule has 0 saturated heterocycles. The molecule has 0 radical (unpaired) electrons. The maximum atomic E-state index is 12.9. The number of likely N-dealkylation sites (N-methyl/N-ethyl adjacent to an activating group) is 1. The van der Waals surface area contributed by atoms with Crippen LogP contribution in [0.25, 0.3) is 0 Å². The Labute approximate surface area is 522 Å². The molecule has 0 aromatic carbocycles. The highest BCUT2D eigenvalue weighted by Crippen LogP contribution is 2.17. The Kier molecular flexibility index (Phi) is 61.9. The second-order valence-electron chi connectivity index (χ2n) is 23.7. The van der Waals surface area contributed by atoms with E-state index in [1.807, 2.05) is 21.1 Å². The van der Waals surface area contributed by atoms with Crippen LogP contribution in [0.15, 0.2) is 134 Å². The van der Waals surface area contributed by atoms with Gasteiger partial charge >= 0.3 is 17.9 Å². The number of quaternary nitrogens is 1. The summed E-state index contributed by atoms with van der Waals surface area (Å²) in [6, 6.07) is 0. The summed E-state index contributed by atoms with van der Waals surface area (Å²) in [6.07, 6.45) is 91.5. The Morgan fingerprint density at radius 2 is 0.635 bits per heavy atom. The van der Waals surface area contributed by atoms with Crippen molar-refractivity contribution in [3.05, 3.63) is 134 Å². The molecule has 0 aliphatic heterocycles. The first kappa shape index (κ1) is 80.4. The number of esters is 2. The third-order valence-corrected chi connectivity index (χ3v) is 14.4. The molecular weight excluding hydrogens is 1050 g/mol. The second kappa shape index (κ2) is 65.4. The van der Waals surface area contributed by atoms with Crippen LogP contribution in [0.5, 0.6) is 0 Å². The lowest BCUT2D eigenvalue weighted by molar-refractivity contribution is -0.870. The van der Waals surface area contributed by atoms with Gasteiger partial charge in [0.15, 0.2) is 6.10 Å². The molecule has 0 rings (SSSR count). The lowest BCUT2D eigenvalue weighted by Gasteiger charge is -2.25. The highest BCUT2D eigenvalue weighted by molar-refractivity contribution is 5.71. The van der Waals surface area contributed by atoms with E-state index >= 15 is 0 Å². The molecule has 0 aromatic rings. The van der Waals surface area contributed by atoms with Crippen molar-refractivity contribution >= 4 is 17.9 Å². The van der Waals surface area contributed by atoms with Crippen molar-refractivity contribution in [1.29, 1.82) is 0 Å². The number of carboxylic acids is 1. The molecule has 0 aliphatic rings. The van der Waals surface area contributed by atoms with Gasteiger partial charge in [-0.2, -0.15) is 0 Å².